The summed E-state index contributed by atoms with van der Waals surface area (Å²) < 4.78 is 5.37. The second-order valence-electron chi connectivity index (χ2n) is 11.5. The molecule has 1 aliphatic carbocycles. The highest BCUT2D eigenvalue weighted by atomic mass is 16.5. The Bertz CT molecular complexity index is 1740. The van der Waals surface area contributed by atoms with Gasteiger partial charge in [-0.2, -0.15) is 0 Å². The van der Waals surface area contributed by atoms with Gasteiger partial charge in [-0.05, 0) is 85.7 Å². The number of benzene rings is 3. The number of carbonyl (C=O) groups excluding carboxylic acids is 3. The maximum atomic E-state index is 14.1. The Morgan fingerprint density at radius 3 is 2.53 bits per heavy atom. The number of aromatic nitrogens is 1. The molecule has 0 radical (unpaired) electrons. The van der Waals surface area contributed by atoms with Crippen molar-refractivity contribution in [2.45, 2.75) is 50.6 Å². The topological polar surface area (TPSA) is 94.7 Å². The van der Waals surface area contributed by atoms with Gasteiger partial charge in [0.15, 0.2) is 0 Å². The first-order valence-corrected chi connectivity index (χ1v) is 15.0. The highest BCUT2D eigenvalue weighted by molar-refractivity contribution is 6.22. The molecule has 3 aliphatic rings. The van der Waals surface area contributed by atoms with Crippen molar-refractivity contribution in [2.75, 3.05) is 18.6 Å². The van der Waals surface area contributed by atoms with Crippen LogP contribution in [0.25, 0.3) is 10.9 Å². The van der Waals surface area contributed by atoms with Crippen molar-refractivity contribution in [2.24, 2.45) is 0 Å². The van der Waals surface area contributed by atoms with Crippen molar-refractivity contribution in [1.29, 1.82) is 0 Å². The average Bonchev–Trinajstić information content (AvgIpc) is 3.54. The smallest absolute Gasteiger partial charge is 0.332 e. The van der Waals surface area contributed by atoms with Crippen LogP contribution < -0.4 is 15.0 Å². The molecule has 218 valence electrons. The number of anilines is 1. The predicted molar refractivity (Wildman–Crippen MR) is 165 cm³/mol. The third kappa shape index (κ3) is 4.76. The van der Waals surface area contributed by atoms with Crippen LogP contribution in [0.3, 0.4) is 0 Å². The van der Waals surface area contributed by atoms with Gasteiger partial charge in [0.05, 0.1) is 12.8 Å². The van der Waals surface area contributed by atoms with Crippen LogP contribution in [0, 0.1) is 0 Å². The summed E-state index contributed by atoms with van der Waals surface area (Å²) in [5.41, 5.74) is 6.20. The van der Waals surface area contributed by atoms with E-state index in [9.17, 15) is 14.4 Å². The van der Waals surface area contributed by atoms with Gasteiger partial charge in [-0.1, -0.05) is 42.0 Å². The van der Waals surface area contributed by atoms with Crippen LogP contribution in [0.15, 0.2) is 84.4 Å². The number of ether oxygens (including phenoxy) is 1. The fraction of sp³-hybridized carbons (Fsp3) is 0.286. The van der Waals surface area contributed by atoms with Gasteiger partial charge in [0, 0.05) is 35.1 Å². The van der Waals surface area contributed by atoms with E-state index in [-0.39, 0.29) is 17.8 Å². The lowest BCUT2D eigenvalue weighted by Gasteiger charge is -2.36. The summed E-state index contributed by atoms with van der Waals surface area (Å²) in [5, 5.41) is 4.06. The molecule has 3 aromatic carbocycles. The first-order chi connectivity index (χ1) is 21.0. The SMILES string of the molecule is COc1ccc([C@@H]2c3[nH]c4ccccc4c3C[C@H]3C(=O)N(c4ccc(C(=O)NCCC5=CCCCC5)cc4)C(=O)N23)cc1. The summed E-state index contributed by atoms with van der Waals surface area (Å²) in [5.74, 6) is 0.287. The van der Waals surface area contributed by atoms with Crippen molar-refractivity contribution in [1.82, 2.24) is 15.2 Å². The second-order valence-corrected chi connectivity index (χ2v) is 11.5. The lowest BCUT2D eigenvalue weighted by atomic mass is 9.89. The quantitative estimate of drug-likeness (QED) is 0.201. The van der Waals surface area contributed by atoms with E-state index in [1.807, 2.05) is 42.5 Å². The van der Waals surface area contributed by atoms with Crippen molar-refractivity contribution in [3.05, 3.63) is 107 Å². The number of imide groups is 1. The summed E-state index contributed by atoms with van der Waals surface area (Å²) in [6.45, 7) is 0.591. The van der Waals surface area contributed by atoms with Crippen LogP contribution >= 0.6 is 0 Å². The second kappa shape index (κ2) is 11.1. The molecule has 8 nitrogen and oxygen atoms in total. The molecule has 2 aliphatic heterocycles. The van der Waals surface area contributed by atoms with Crippen LogP contribution in [-0.2, 0) is 11.2 Å². The molecule has 0 unspecified atom stereocenters. The lowest BCUT2D eigenvalue weighted by Crippen LogP contribution is -2.44. The lowest BCUT2D eigenvalue weighted by molar-refractivity contribution is -0.120. The Labute approximate surface area is 250 Å². The number of methoxy groups -OCH3 is 1. The Kier molecular flexibility index (Phi) is 6.97. The minimum absolute atomic E-state index is 0.163. The number of nitrogens with zero attached hydrogens (tertiary/aromatic N) is 2. The Hall–Kier alpha value is -4.85. The van der Waals surface area contributed by atoms with E-state index in [0.717, 1.165) is 47.0 Å². The van der Waals surface area contributed by atoms with Crippen molar-refractivity contribution in [3.8, 4) is 5.75 Å². The normalized spacial score (nSPS) is 19.7. The molecule has 4 aromatic rings. The van der Waals surface area contributed by atoms with Crippen LogP contribution in [0.5, 0.6) is 5.75 Å². The van der Waals surface area contributed by atoms with Crippen LogP contribution in [0.1, 0.15) is 65.3 Å². The summed E-state index contributed by atoms with van der Waals surface area (Å²) in [6, 6.07) is 20.9. The fourth-order valence-corrected chi connectivity index (χ4v) is 6.78. The van der Waals surface area contributed by atoms with E-state index in [1.165, 1.54) is 23.3 Å². The van der Waals surface area contributed by atoms with E-state index >= 15 is 0 Å². The molecule has 1 aromatic heterocycles. The third-order valence-electron chi connectivity index (χ3n) is 8.99. The molecule has 0 saturated carbocycles. The molecule has 2 atom stereocenters. The van der Waals surface area contributed by atoms with Crippen LogP contribution in [0.4, 0.5) is 10.5 Å². The molecule has 1 saturated heterocycles. The molecule has 4 amide bonds. The number of amides is 4. The molecular weight excluding hydrogens is 540 g/mol. The van der Waals surface area contributed by atoms with Gasteiger partial charge in [-0.25, -0.2) is 9.69 Å². The highest BCUT2D eigenvalue weighted by Gasteiger charge is 2.53. The molecule has 2 N–H and O–H groups in total. The Morgan fingerprint density at radius 1 is 1.00 bits per heavy atom. The zero-order chi connectivity index (χ0) is 29.5. The number of fused-ring (bicyclic) bond motifs is 4. The number of nitrogens with one attached hydrogen (secondary N) is 2. The average molecular weight is 575 g/mol. The molecular formula is C35H34N4O4. The van der Waals surface area contributed by atoms with Gasteiger partial charge in [0.25, 0.3) is 11.8 Å². The largest absolute Gasteiger partial charge is 0.497 e. The van der Waals surface area contributed by atoms with E-state index < -0.39 is 12.1 Å². The summed E-state index contributed by atoms with van der Waals surface area (Å²) in [4.78, 5) is 47.4. The van der Waals surface area contributed by atoms with Gasteiger partial charge in [0.2, 0.25) is 0 Å². The number of urea groups is 1. The maximum absolute atomic E-state index is 14.1. The molecule has 43 heavy (non-hydrogen) atoms. The Balaban J connectivity index is 1.16. The number of hydrogen-bond acceptors (Lipinski definition) is 4. The van der Waals surface area contributed by atoms with Gasteiger partial charge in [0.1, 0.15) is 17.8 Å². The highest BCUT2D eigenvalue weighted by Crippen LogP contribution is 2.45. The first-order valence-electron chi connectivity index (χ1n) is 15.0. The van der Waals surface area contributed by atoms with Gasteiger partial charge in [-0.15, -0.1) is 0 Å². The fourth-order valence-electron chi connectivity index (χ4n) is 6.78. The first kappa shape index (κ1) is 27.0. The van der Waals surface area contributed by atoms with E-state index in [4.69, 9.17) is 4.74 Å². The number of rotatable bonds is 7. The Morgan fingerprint density at radius 2 is 1.79 bits per heavy atom. The summed E-state index contributed by atoms with van der Waals surface area (Å²) in [6.07, 6.45) is 8.28. The maximum Gasteiger partial charge on any atom is 0.332 e. The molecule has 1 fully saturated rings. The number of allylic oxidation sites excluding steroid dienone is 1. The van der Waals surface area contributed by atoms with E-state index in [1.54, 1.807) is 36.3 Å². The third-order valence-corrected chi connectivity index (χ3v) is 8.99. The number of H-pyrrole nitrogens is 1. The zero-order valence-corrected chi connectivity index (χ0v) is 24.1. The molecule has 0 bridgehead atoms. The summed E-state index contributed by atoms with van der Waals surface area (Å²) in [7, 11) is 1.62. The van der Waals surface area contributed by atoms with Gasteiger partial charge < -0.3 is 15.0 Å². The van der Waals surface area contributed by atoms with Gasteiger partial charge in [-0.3, -0.25) is 14.5 Å². The van der Waals surface area contributed by atoms with E-state index in [0.29, 0.717) is 30.0 Å². The molecule has 8 heteroatoms. The monoisotopic (exact) mass is 574 g/mol. The molecule has 3 heterocycles. The van der Waals surface area contributed by atoms with Crippen molar-refractivity contribution in [3.63, 3.8) is 0 Å². The predicted octanol–water partition coefficient (Wildman–Crippen LogP) is 6.28. The number of hydrogen-bond donors (Lipinski definition) is 2. The van der Waals surface area contributed by atoms with Crippen molar-refractivity contribution < 1.29 is 19.1 Å². The molecule has 7 rings (SSSR count). The number of aromatic amines is 1. The number of para-hydroxylation sites is 1. The minimum atomic E-state index is -0.650. The number of carbonyl (C=O) groups is 3. The van der Waals surface area contributed by atoms with Crippen molar-refractivity contribution >= 4 is 34.4 Å². The molecule has 0 spiro atoms. The standard InChI is InChI=1S/C35H34N4O4/c1-43-26-17-13-23(14-18-26)32-31-28(27-9-5-6-10-29(27)37-31)21-30-34(41)38(35(42)39(30)32)25-15-11-24(12-16-25)33(40)36-20-19-22-7-3-2-4-8-22/h5-7,9-18,30,32,37H,2-4,8,19-21H2,1H3,(H,36,40)/t30-,32+/m0/s1. The zero-order valence-electron chi connectivity index (χ0n) is 24.1. The van der Waals surface area contributed by atoms with Gasteiger partial charge >= 0.3 is 6.03 Å². The summed E-state index contributed by atoms with van der Waals surface area (Å²) >= 11 is 0. The van der Waals surface area contributed by atoms with Crippen LogP contribution in [-0.4, -0.2) is 47.4 Å². The van der Waals surface area contributed by atoms with E-state index in [2.05, 4.69) is 22.4 Å². The van der Waals surface area contributed by atoms with Crippen LogP contribution in [0.2, 0.25) is 0 Å². The minimum Gasteiger partial charge on any atom is -0.497 e.